The third kappa shape index (κ3) is 0.133. The smallest absolute Gasteiger partial charge is 0.0993 e. The average Bonchev–Trinajstić information content (AvgIpc) is 0.722. The predicted molar refractivity (Wildman–Crippen MR) is 18.0 cm³/mol. The van der Waals surface area contributed by atoms with Gasteiger partial charge in [0.25, 0.3) is 0 Å². The number of nitrogens with zero attached hydrogens (tertiary/aromatic N) is 2. The van der Waals surface area contributed by atoms with Crippen LogP contribution in [0, 0.1) is 0 Å². The first-order valence-corrected chi connectivity index (χ1v) is 2.25. The highest BCUT2D eigenvalue weighted by molar-refractivity contribution is 7.37. The van der Waals surface area contributed by atoms with E-state index in [0.717, 1.165) is 15.0 Å². The van der Waals surface area contributed by atoms with Crippen molar-refractivity contribution in [2.24, 2.45) is 10.00 Å². The lowest BCUT2D eigenvalue weighted by Crippen LogP contribution is -1.66. The maximum Gasteiger partial charge on any atom is 0.0993 e. The van der Waals surface area contributed by atoms with Crippen LogP contribution in [-0.2, 0) is 0 Å². The molecule has 1 aliphatic rings. The van der Waals surface area contributed by atoms with Gasteiger partial charge in [-0.05, 0) is 0 Å². The second kappa shape index (κ2) is 0.769. The third-order valence-electron chi connectivity index (χ3n) is 0.283. The summed E-state index contributed by atoms with van der Waals surface area (Å²) >= 11 is 0. The zero-order chi connectivity index (χ0) is 2.83. The van der Waals surface area contributed by atoms with Crippen molar-refractivity contribution in [3.05, 3.63) is 0 Å². The monoisotopic (exact) mass is 74.0 g/mol. The molecule has 22 valence electrons. The van der Waals surface area contributed by atoms with E-state index in [-0.39, 0.29) is 0 Å². The highest BCUT2D eigenvalue weighted by Crippen LogP contribution is 2.20. The van der Waals surface area contributed by atoms with Gasteiger partial charge in [-0.25, -0.2) is 0 Å². The van der Waals surface area contributed by atoms with Crippen LogP contribution in [-0.4, -0.2) is 6.29 Å². The second-order valence-corrected chi connectivity index (χ2v) is 1.39. The van der Waals surface area contributed by atoms with Gasteiger partial charge >= 0.3 is 0 Å². The first-order chi connectivity index (χ1) is 2.00. The Hall–Kier alpha value is 0.0300. The quantitative estimate of drug-likeness (QED) is 0.383. The first-order valence-electron chi connectivity index (χ1n) is 1.09. The molecule has 1 atom stereocenters. The second-order valence-electron chi connectivity index (χ2n) is 0.558. The number of hydrogen-bond donors (Lipinski definition) is 0. The zero-order valence-electron chi connectivity index (χ0n) is 2.10. The third-order valence-corrected chi connectivity index (χ3v) is 0.849. The summed E-state index contributed by atoms with van der Waals surface area (Å²) in [5, 5.41) is 3.55. The molecule has 0 N–H and O–H groups in total. The fourth-order valence-corrected chi connectivity index (χ4v) is 0.212. The minimum Gasteiger partial charge on any atom is -0.184 e. The summed E-state index contributed by atoms with van der Waals surface area (Å²) in [7, 11) is 0.779. The summed E-state index contributed by atoms with van der Waals surface area (Å²) in [6, 6.07) is 0. The van der Waals surface area contributed by atoms with Crippen molar-refractivity contribution < 1.29 is 0 Å². The van der Waals surface area contributed by atoms with E-state index in [2.05, 4.69) is 10.00 Å². The van der Waals surface area contributed by atoms with Crippen LogP contribution in [0.2, 0.25) is 0 Å². The Morgan fingerprint density at radius 2 is 2.00 bits per heavy atom. The lowest BCUT2D eigenvalue weighted by molar-refractivity contribution is 1.13. The predicted octanol–water partition coefficient (Wildman–Crippen LogP) is 1.00. The van der Waals surface area contributed by atoms with Gasteiger partial charge in [0.1, 0.15) is 0 Å². The molecule has 0 aliphatic carbocycles. The molecule has 0 radical (unpaired) electrons. The minimum absolute atomic E-state index is 0.779. The highest BCUT2D eigenvalue weighted by Gasteiger charge is 1.84. The van der Waals surface area contributed by atoms with Gasteiger partial charge in [-0.1, -0.05) is 0 Å². The van der Waals surface area contributed by atoms with Crippen molar-refractivity contribution in [1.29, 1.82) is 0 Å². The Kier molecular flexibility index (Phi) is 0.438. The van der Waals surface area contributed by atoms with Crippen LogP contribution in [0.4, 0.5) is 0 Å². The van der Waals surface area contributed by atoms with E-state index in [9.17, 15) is 0 Å². The summed E-state index contributed by atoms with van der Waals surface area (Å²) in [6.07, 6.45) is 0.986. The molecule has 0 saturated carbocycles. The van der Waals surface area contributed by atoms with Gasteiger partial charge in [-0.15, -0.1) is 0 Å². The Morgan fingerprint density at radius 3 is 2.00 bits per heavy atom. The van der Waals surface area contributed by atoms with E-state index in [0.29, 0.717) is 0 Å². The molecule has 0 aromatic heterocycles. The van der Waals surface area contributed by atoms with E-state index >= 15 is 0 Å². The first kappa shape index (κ1) is 2.28. The lowest BCUT2D eigenvalue weighted by atomic mass is 11.5. The molecule has 0 bridgehead atoms. The molecule has 1 heterocycles. The van der Waals surface area contributed by atoms with Crippen LogP contribution in [0.25, 0.3) is 0 Å². The zero-order valence-corrected chi connectivity index (χ0v) is 3.10. The molecular weight excluding hydrogens is 71.0 g/mol. The van der Waals surface area contributed by atoms with Crippen LogP contribution in [0.5, 0.6) is 0 Å². The largest absolute Gasteiger partial charge is 0.184 e. The van der Waals surface area contributed by atoms with Crippen LogP contribution in [0.1, 0.15) is 0 Å². The molecule has 0 fully saturated rings. The molecule has 0 spiro atoms. The van der Waals surface area contributed by atoms with Crippen molar-refractivity contribution in [1.82, 2.24) is 0 Å². The van der Waals surface area contributed by atoms with E-state index in [1.807, 2.05) is 0 Å². The Morgan fingerprint density at radius 1 is 1.75 bits per heavy atom. The normalized spacial score (nSPS) is 26.0. The maximum atomic E-state index is 3.57. The van der Waals surface area contributed by atoms with Gasteiger partial charge < -0.3 is 0 Å². The summed E-state index contributed by atoms with van der Waals surface area (Å²) in [5.74, 6) is 0. The number of rotatable bonds is 0. The summed E-state index contributed by atoms with van der Waals surface area (Å²) in [5.41, 5.74) is 0. The van der Waals surface area contributed by atoms with E-state index in [1.54, 1.807) is 0 Å². The molecule has 0 amide bonds. The molecule has 1 unspecified atom stereocenters. The summed E-state index contributed by atoms with van der Waals surface area (Å²) in [4.78, 5) is 3.57. The minimum atomic E-state index is 0.779. The van der Waals surface area contributed by atoms with Crippen LogP contribution < -0.4 is 0 Å². The highest BCUT2D eigenvalue weighted by atomic mass is 31.1. The summed E-state index contributed by atoms with van der Waals surface area (Å²) < 4.78 is 0. The maximum absolute atomic E-state index is 3.57. The van der Waals surface area contributed by atoms with Gasteiger partial charge in [-0.2, -0.15) is 10.00 Å². The molecule has 0 saturated heterocycles. The Labute approximate surface area is 26.2 Å². The average molecular weight is 74.0 g/mol. The number of hydrogen-bond acceptors (Lipinski definition) is 2. The molecule has 1 aliphatic heterocycles. The van der Waals surface area contributed by atoms with Gasteiger partial charge in [0.05, 0.1) is 6.29 Å². The standard InChI is InChI=1S/CH3N2P/c1-2-3-4-1/h4H,1H2. The summed E-state index contributed by atoms with van der Waals surface area (Å²) in [6.45, 7) is 0. The molecule has 1 rings (SSSR count). The van der Waals surface area contributed by atoms with Gasteiger partial charge in [0, 0.05) is 8.73 Å². The van der Waals surface area contributed by atoms with E-state index in [4.69, 9.17) is 0 Å². The van der Waals surface area contributed by atoms with Crippen molar-refractivity contribution in [2.75, 3.05) is 6.29 Å². The molecular formula is CH3N2P. The van der Waals surface area contributed by atoms with Crippen LogP contribution >= 0.6 is 8.73 Å². The van der Waals surface area contributed by atoms with Crippen molar-refractivity contribution in [2.45, 2.75) is 0 Å². The molecule has 0 aromatic carbocycles. The fourth-order valence-electron chi connectivity index (χ4n) is 0.0707. The fraction of sp³-hybridized carbons (Fsp3) is 1.00. The Bertz CT molecular complexity index is 35.3. The molecule has 2 nitrogen and oxygen atoms in total. The van der Waals surface area contributed by atoms with Gasteiger partial charge in [0.2, 0.25) is 0 Å². The SMILES string of the molecule is C1N=NP1. The van der Waals surface area contributed by atoms with E-state index in [1.165, 1.54) is 0 Å². The van der Waals surface area contributed by atoms with Crippen LogP contribution in [0.3, 0.4) is 0 Å². The van der Waals surface area contributed by atoms with Crippen molar-refractivity contribution in [3.8, 4) is 0 Å². The van der Waals surface area contributed by atoms with Crippen molar-refractivity contribution >= 4 is 8.73 Å². The van der Waals surface area contributed by atoms with Gasteiger partial charge in [-0.3, -0.25) is 0 Å². The molecule has 0 aromatic rings. The lowest BCUT2D eigenvalue weighted by Gasteiger charge is -1.90. The topological polar surface area (TPSA) is 24.7 Å². The van der Waals surface area contributed by atoms with Crippen molar-refractivity contribution in [3.63, 3.8) is 0 Å². The van der Waals surface area contributed by atoms with Crippen LogP contribution in [0.15, 0.2) is 10.00 Å². The van der Waals surface area contributed by atoms with E-state index < -0.39 is 0 Å². The molecule has 3 heteroatoms. The van der Waals surface area contributed by atoms with Gasteiger partial charge in [0.15, 0.2) is 0 Å². The Balaban J connectivity index is 2.47. The molecule has 4 heavy (non-hydrogen) atoms.